The minimum atomic E-state index is -0.827. The van der Waals surface area contributed by atoms with Gasteiger partial charge in [0.2, 0.25) is 5.91 Å². The minimum absolute atomic E-state index is 0.0616. The van der Waals surface area contributed by atoms with Gasteiger partial charge in [0, 0.05) is 41.2 Å². The summed E-state index contributed by atoms with van der Waals surface area (Å²) in [5.74, 6) is -0.669. The zero-order valence-electron chi connectivity index (χ0n) is 22.5. The predicted molar refractivity (Wildman–Crippen MR) is 153 cm³/mol. The summed E-state index contributed by atoms with van der Waals surface area (Å²) in [7, 11) is 3.96. The van der Waals surface area contributed by atoms with Gasteiger partial charge in [0.1, 0.15) is 0 Å². The number of hydrogen-bond acceptors (Lipinski definition) is 5. The number of anilines is 2. The van der Waals surface area contributed by atoms with Gasteiger partial charge in [0.05, 0.1) is 23.0 Å². The molecular formula is C29H34Cl2N4O3. The lowest BCUT2D eigenvalue weighted by molar-refractivity contribution is -0.118. The normalized spacial score (nSPS) is 18.5. The quantitative estimate of drug-likeness (QED) is 0.437. The molecule has 4 rings (SSSR count). The van der Waals surface area contributed by atoms with Crippen LogP contribution in [0.2, 0.25) is 10.0 Å². The predicted octanol–water partition coefficient (Wildman–Crippen LogP) is 5.84. The molecule has 2 aliphatic rings. The van der Waals surface area contributed by atoms with E-state index in [4.69, 9.17) is 23.2 Å². The number of Topliss-reactive ketones (excluding diaryl/α,β-unsaturated/α-hetero) is 1. The molecule has 7 nitrogen and oxygen atoms in total. The zero-order chi connectivity index (χ0) is 27.8. The Hall–Kier alpha value is -2.87. The monoisotopic (exact) mass is 556 g/mol. The van der Waals surface area contributed by atoms with Crippen LogP contribution in [-0.4, -0.2) is 49.7 Å². The number of allylic oxidation sites excluding steroid dienone is 1. The Morgan fingerprint density at radius 1 is 1.16 bits per heavy atom. The van der Waals surface area contributed by atoms with Crippen molar-refractivity contribution >= 4 is 52.2 Å². The van der Waals surface area contributed by atoms with Crippen molar-refractivity contribution in [3.05, 3.63) is 68.8 Å². The number of nitrogens with one attached hydrogen (secondary N) is 2. The molecule has 2 aromatic rings. The number of carbonyl (C=O) groups excluding carboxylic acids is 3. The highest BCUT2D eigenvalue weighted by Gasteiger charge is 2.44. The van der Waals surface area contributed by atoms with E-state index in [-0.39, 0.29) is 23.0 Å². The molecule has 0 radical (unpaired) electrons. The second kappa shape index (κ2) is 11.1. The number of carbonyl (C=O) groups is 3. The first kappa shape index (κ1) is 28.1. The third kappa shape index (κ3) is 5.75. The molecule has 0 fully saturated rings. The molecule has 1 aliphatic heterocycles. The van der Waals surface area contributed by atoms with Crippen LogP contribution in [-0.2, 0) is 9.59 Å². The van der Waals surface area contributed by atoms with Gasteiger partial charge in [-0.05, 0) is 68.7 Å². The van der Waals surface area contributed by atoms with Crippen LogP contribution in [0.5, 0.6) is 0 Å². The summed E-state index contributed by atoms with van der Waals surface area (Å²) in [6, 6.07) is 9.54. The lowest BCUT2D eigenvalue weighted by Gasteiger charge is -2.37. The maximum atomic E-state index is 13.7. The van der Waals surface area contributed by atoms with Crippen molar-refractivity contribution in [3.63, 3.8) is 0 Å². The topological polar surface area (TPSA) is 81.8 Å². The highest BCUT2D eigenvalue weighted by Crippen LogP contribution is 2.50. The van der Waals surface area contributed by atoms with Gasteiger partial charge in [0.25, 0.3) is 5.91 Å². The van der Waals surface area contributed by atoms with Gasteiger partial charge >= 0.3 is 0 Å². The van der Waals surface area contributed by atoms with Crippen molar-refractivity contribution in [2.45, 2.75) is 46.1 Å². The molecule has 202 valence electrons. The smallest absolute Gasteiger partial charge is 0.253 e. The number of rotatable bonds is 6. The van der Waals surface area contributed by atoms with Crippen molar-refractivity contribution < 1.29 is 14.4 Å². The molecule has 9 heteroatoms. The fraction of sp³-hybridized carbons (Fsp3) is 0.414. The molecular weight excluding hydrogens is 523 g/mol. The molecule has 1 heterocycles. The van der Waals surface area contributed by atoms with Crippen LogP contribution in [0, 0.1) is 5.41 Å². The Kier molecular flexibility index (Phi) is 8.21. The molecule has 0 spiro atoms. The van der Waals surface area contributed by atoms with Gasteiger partial charge in [-0.15, -0.1) is 0 Å². The van der Waals surface area contributed by atoms with E-state index in [2.05, 4.69) is 15.5 Å². The molecule has 1 unspecified atom stereocenters. The first-order valence-electron chi connectivity index (χ1n) is 12.7. The van der Waals surface area contributed by atoms with E-state index < -0.39 is 6.04 Å². The fourth-order valence-electron chi connectivity index (χ4n) is 5.32. The number of amides is 2. The van der Waals surface area contributed by atoms with Gasteiger partial charge in [-0.2, -0.15) is 0 Å². The summed E-state index contributed by atoms with van der Waals surface area (Å²) in [5, 5.41) is 7.22. The summed E-state index contributed by atoms with van der Waals surface area (Å²) < 4.78 is 0. The van der Waals surface area contributed by atoms with Crippen molar-refractivity contribution in [1.29, 1.82) is 0 Å². The zero-order valence-corrected chi connectivity index (χ0v) is 24.0. The van der Waals surface area contributed by atoms with E-state index in [0.29, 0.717) is 57.5 Å². The summed E-state index contributed by atoms with van der Waals surface area (Å²) in [6.45, 7) is 6.86. The summed E-state index contributed by atoms with van der Waals surface area (Å²) >= 11 is 12.9. The van der Waals surface area contributed by atoms with E-state index in [1.165, 1.54) is 11.8 Å². The van der Waals surface area contributed by atoms with Crippen LogP contribution in [0.15, 0.2) is 47.7 Å². The lowest BCUT2D eigenvalue weighted by atomic mass is 9.73. The molecule has 2 N–H and O–H groups in total. The van der Waals surface area contributed by atoms with E-state index in [1.54, 1.807) is 30.3 Å². The van der Waals surface area contributed by atoms with Gasteiger partial charge in [-0.25, -0.2) is 0 Å². The first-order valence-corrected chi connectivity index (χ1v) is 13.5. The Morgan fingerprint density at radius 3 is 2.55 bits per heavy atom. The van der Waals surface area contributed by atoms with Crippen LogP contribution in [0.3, 0.4) is 0 Å². The number of para-hydroxylation sites is 1. The number of benzene rings is 2. The van der Waals surface area contributed by atoms with Crippen LogP contribution >= 0.6 is 23.2 Å². The summed E-state index contributed by atoms with van der Waals surface area (Å²) in [6.07, 6.45) is 1.71. The fourth-order valence-corrected chi connectivity index (χ4v) is 5.83. The number of nitrogens with zero attached hydrogens (tertiary/aromatic N) is 2. The average molecular weight is 558 g/mol. The van der Waals surface area contributed by atoms with Crippen molar-refractivity contribution in [2.75, 3.05) is 37.4 Å². The molecule has 0 saturated heterocycles. The highest BCUT2D eigenvalue weighted by atomic mass is 35.5. The molecule has 2 aromatic carbocycles. The van der Waals surface area contributed by atoms with Crippen LogP contribution < -0.4 is 15.5 Å². The van der Waals surface area contributed by atoms with Crippen LogP contribution in [0.1, 0.15) is 62.0 Å². The van der Waals surface area contributed by atoms with Gasteiger partial charge in [-0.3, -0.25) is 19.3 Å². The maximum absolute atomic E-state index is 13.7. The largest absolute Gasteiger partial charge is 0.357 e. The third-order valence-electron chi connectivity index (χ3n) is 6.92. The Balaban J connectivity index is 1.91. The van der Waals surface area contributed by atoms with Crippen molar-refractivity contribution in [1.82, 2.24) is 10.2 Å². The number of ketones is 1. The van der Waals surface area contributed by atoms with E-state index in [1.807, 2.05) is 34.0 Å². The van der Waals surface area contributed by atoms with E-state index in [9.17, 15) is 14.4 Å². The third-order valence-corrected chi connectivity index (χ3v) is 7.49. The summed E-state index contributed by atoms with van der Waals surface area (Å²) in [4.78, 5) is 44.2. The number of fused-ring (bicyclic) bond motifs is 1. The number of hydrogen-bond donors (Lipinski definition) is 2. The lowest BCUT2D eigenvalue weighted by Crippen LogP contribution is -2.39. The molecule has 0 saturated carbocycles. The van der Waals surface area contributed by atoms with E-state index in [0.717, 1.165) is 18.7 Å². The van der Waals surface area contributed by atoms with Crippen molar-refractivity contribution in [2.24, 2.45) is 5.41 Å². The molecule has 0 aromatic heterocycles. The molecule has 1 atom stereocenters. The van der Waals surface area contributed by atoms with Gasteiger partial charge < -0.3 is 15.5 Å². The van der Waals surface area contributed by atoms with Crippen LogP contribution in [0.25, 0.3) is 0 Å². The Labute approximate surface area is 234 Å². The molecule has 1 aliphatic carbocycles. The minimum Gasteiger partial charge on any atom is -0.357 e. The van der Waals surface area contributed by atoms with Crippen molar-refractivity contribution in [3.8, 4) is 0 Å². The second-order valence-electron chi connectivity index (χ2n) is 11.0. The summed E-state index contributed by atoms with van der Waals surface area (Å²) in [5.41, 5.74) is 2.87. The van der Waals surface area contributed by atoms with E-state index >= 15 is 0 Å². The van der Waals surface area contributed by atoms with Gasteiger partial charge in [-0.1, -0.05) is 49.2 Å². The Bertz CT molecular complexity index is 1320. The second-order valence-corrected chi connectivity index (χ2v) is 11.9. The Morgan fingerprint density at radius 2 is 1.89 bits per heavy atom. The standard InChI is InChI=1S/C29H34Cl2N4O3/c1-17(36)35-26-20(28(38)32-12-7-13-34(4)5)8-6-9-22(26)33-23-15-29(2,3)16-24(37)25(23)27(35)19-11-10-18(30)14-21(19)31/h6,8-11,14,27,33H,7,12-13,15-16H2,1-5H3,(H,32,38). The van der Waals surface area contributed by atoms with Crippen LogP contribution in [0.4, 0.5) is 11.4 Å². The highest BCUT2D eigenvalue weighted by molar-refractivity contribution is 6.35. The van der Waals surface area contributed by atoms with Gasteiger partial charge in [0.15, 0.2) is 5.78 Å². The molecule has 0 bridgehead atoms. The SMILES string of the molecule is CC(=O)N1c2c(cccc2C(=O)NCCCN(C)C)NC2=C(C(=O)CC(C)(C)C2)C1c1ccc(Cl)cc1Cl. The average Bonchev–Trinajstić information content (AvgIpc) is 2.95. The molecule has 2 amide bonds. The molecule has 38 heavy (non-hydrogen) atoms. The number of halogens is 2. The maximum Gasteiger partial charge on any atom is 0.253 e. The first-order chi connectivity index (χ1) is 17.9.